The second-order valence-electron chi connectivity index (χ2n) is 7.45. The fourth-order valence-corrected chi connectivity index (χ4v) is 4.00. The monoisotopic (exact) mass is 416 g/mol. The van der Waals surface area contributed by atoms with Gasteiger partial charge in [0.25, 0.3) is 0 Å². The highest BCUT2D eigenvalue weighted by Gasteiger charge is 2.17. The van der Waals surface area contributed by atoms with E-state index >= 15 is 0 Å². The van der Waals surface area contributed by atoms with E-state index in [1.165, 1.54) is 10.4 Å². The van der Waals surface area contributed by atoms with Gasteiger partial charge >= 0.3 is 0 Å². The number of aromatic nitrogens is 1. The zero-order valence-electron chi connectivity index (χ0n) is 17.9. The van der Waals surface area contributed by atoms with E-state index in [1.54, 1.807) is 11.3 Å². The van der Waals surface area contributed by atoms with Crippen molar-refractivity contribution in [2.45, 2.75) is 47.2 Å². The molecule has 1 aromatic heterocycles. The summed E-state index contributed by atoms with van der Waals surface area (Å²) in [5, 5.41) is 7.77. The van der Waals surface area contributed by atoms with E-state index in [2.05, 4.69) is 54.6 Å². The standard InChI is InChI=1S/C22H32N4O2S/c1-5-23-22(25-12-21-26-16(3)17(4)29-21)24-11-19-7-6-15(2)10-20(19)28-14-18-8-9-27-13-18/h6-7,10,18H,5,8-9,11-14H2,1-4H3,(H2,23,24,25). The molecule has 3 rings (SSSR count). The highest BCUT2D eigenvalue weighted by molar-refractivity contribution is 7.11. The van der Waals surface area contributed by atoms with Gasteiger partial charge in [-0.1, -0.05) is 12.1 Å². The van der Waals surface area contributed by atoms with Crippen molar-refractivity contribution in [3.8, 4) is 5.75 Å². The van der Waals surface area contributed by atoms with Crippen LogP contribution in [0.2, 0.25) is 0 Å². The van der Waals surface area contributed by atoms with Gasteiger partial charge in [-0.25, -0.2) is 9.98 Å². The van der Waals surface area contributed by atoms with Crippen molar-refractivity contribution in [3.05, 3.63) is 44.9 Å². The molecule has 158 valence electrons. The Kier molecular flexibility index (Phi) is 7.89. The molecule has 1 fully saturated rings. The summed E-state index contributed by atoms with van der Waals surface area (Å²) < 4.78 is 11.6. The Morgan fingerprint density at radius 1 is 1.31 bits per heavy atom. The van der Waals surface area contributed by atoms with E-state index in [9.17, 15) is 0 Å². The maximum Gasteiger partial charge on any atom is 0.191 e. The Labute approximate surface area is 177 Å². The zero-order chi connectivity index (χ0) is 20.6. The number of hydrogen-bond donors (Lipinski definition) is 2. The molecule has 6 nitrogen and oxygen atoms in total. The van der Waals surface area contributed by atoms with Gasteiger partial charge in [0.2, 0.25) is 0 Å². The van der Waals surface area contributed by atoms with E-state index in [1.807, 2.05) is 6.92 Å². The van der Waals surface area contributed by atoms with E-state index in [-0.39, 0.29) is 0 Å². The Bertz CT molecular complexity index is 809. The highest BCUT2D eigenvalue weighted by atomic mass is 32.1. The van der Waals surface area contributed by atoms with Crippen LogP contribution in [0.25, 0.3) is 0 Å². The number of thiazole rings is 1. The summed E-state index contributed by atoms with van der Waals surface area (Å²) in [6.07, 6.45) is 1.07. The van der Waals surface area contributed by atoms with Gasteiger partial charge in [-0.15, -0.1) is 11.3 Å². The van der Waals surface area contributed by atoms with Crippen LogP contribution in [0, 0.1) is 26.7 Å². The number of nitrogens with one attached hydrogen (secondary N) is 2. The molecule has 0 saturated carbocycles. The first-order valence-electron chi connectivity index (χ1n) is 10.3. The summed E-state index contributed by atoms with van der Waals surface area (Å²) >= 11 is 1.72. The van der Waals surface area contributed by atoms with E-state index in [0.29, 0.717) is 25.6 Å². The summed E-state index contributed by atoms with van der Waals surface area (Å²) in [4.78, 5) is 10.6. The molecule has 1 unspecified atom stereocenters. The Hall–Kier alpha value is -2.12. The van der Waals surface area contributed by atoms with E-state index in [0.717, 1.165) is 54.2 Å². The van der Waals surface area contributed by atoms with E-state index < -0.39 is 0 Å². The van der Waals surface area contributed by atoms with Crippen LogP contribution in [0.5, 0.6) is 5.75 Å². The number of guanidine groups is 1. The first-order chi connectivity index (χ1) is 14.0. The molecule has 0 aliphatic carbocycles. The normalized spacial score (nSPS) is 16.8. The predicted octanol–water partition coefficient (Wildman–Crippen LogP) is 3.74. The summed E-state index contributed by atoms with van der Waals surface area (Å²) in [6, 6.07) is 6.32. The first-order valence-corrected chi connectivity index (χ1v) is 11.1. The summed E-state index contributed by atoms with van der Waals surface area (Å²) in [7, 11) is 0. The van der Waals surface area contributed by atoms with Crippen LogP contribution < -0.4 is 15.4 Å². The average molecular weight is 417 g/mol. The third kappa shape index (κ3) is 6.44. The number of nitrogens with zero attached hydrogens (tertiary/aromatic N) is 2. The number of aryl methyl sites for hydroxylation is 3. The van der Waals surface area contributed by atoms with Crippen LogP contribution in [0.1, 0.15) is 40.1 Å². The quantitative estimate of drug-likeness (QED) is 0.507. The molecule has 2 aromatic rings. The minimum atomic E-state index is 0.482. The largest absolute Gasteiger partial charge is 0.493 e. The summed E-state index contributed by atoms with van der Waals surface area (Å²) in [6.45, 7) is 12.7. The molecule has 0 bridgehead atoms. The molecule has 1 aliphatic rings. The second-order valence-corrected chi connectivity index (χ2v) is 8.74. The van der Waals surface area contributed by atoms with Crippen molar-refractivity contribution in [1.29, 1.82) is 0 Å². The second kappa shape index (κ2) is 10.6. The lowest BCUT2D eigenvalue weighted by Gasteiger charge is -2.15. The maximum atomic E-state index is 6.14. The number of benzene rings is 1. The molecule has 0 spiro atoms. The van der Waals surface area contributed by atoms with Gasteiger partial charge in [-0.3, -0.25) is 0 Å². The Morgan fingerprint density at radius 2 is 2.17 bits per heavy atom. The summed E-state index contributed by atoms with van der Waals surface area (Å²) in [5.41, 5.74) is 3.38. The smallest absolute Gasteiger partial charge is 0.191 e. The third-order valence-electron chi connectivity index (χ3n) is 4.95. The minimum absolute atomic E-state index is 0.482. The van der Waals surface area contributed by atoms with Gasteiger partial charge in [0.1, 0.15) is 10.8 Å². The fraction of sp³-hybridized carbons (Fsp3) is 0.545. The molecule has 0 radical (unpaired) electrons. The van der Waals surface area contributed by atoms with Crippen molar-refractivity contribution in [1.82, 2.24) is 15.6 Å². The third-order valence-corrected chi connectivity index (χ3v) is 6.03. The molecular formula is C22H32N4O2S. The van der Waals surface area contributed by atoms with Gasteiger partial charge in [-0.2, -0.15) is 0 Å². The topological polar surface area (TPSA) is 67.8 Å². The van der Waals surface area contributed by atoms with Crippen LogP contribution >= 0.6 is 11.3 Å². The zero-order valence-corrected chi connectivity index (χ0v) is 18.7. The molecule has 29 heavy (non-hydrogen) atoms. The van der Waals surface area contributed by atoms with Crippen molar-refractivity contribution in [2.75, 3.05) is 26.4 Å². The van der Waals surface area contributed by atoms with Gasteiger partial charge in [0.15, 0.2) is 5.96 Å². The number of ether oxygens (including phenoxy) is 2. The molecule has 1 atom stereocenters. The number of rotatable bonds is 8. The van der Waals surface area contributed by atoms with Crippen LogP contribution in [0.3, 0.4) is 0 Å². The van der Waals surface area contributed by atoms with Crippen LogP contribution in [0.4, 0.5) is 0 Å². The molecule has 1 saturated heterocycles. The SMILES string of the molecule is CCNC(=NCc1ccc(C)cc1OCC1CCOC1)NCc1nc(C)c(C)s1. The lowest BCUT2D eigenvalue weighted by Crippen LogP contribution is -2.36. The molecule has 1 aromatic carbocycles. The van der Waals surface area contributed by atoms with Crippen molar-refractivity contribution in [2.24, 2.45) is 10.9 Å². The lowest BCUT2D eigenvalue weighted by molar-refractivity contribution is 0.166. The molecule has 7 heteroatoms. The predicted molar refractivity (Wildman–Crippen MR) is 119 cm³/mol. The van der Waals surface area contributed by atoms with Crippen molar-refractivity contribution in [3.63, 3.8) is 0 Å². The molecule has 2 heterocycles. The molecule has 2 N–H and O–H groups in total. The first kappa shape index (κ1) is 21.6. The Balaban J connectivity index is 1.64. The minimum Gasteiger partial charge on any atom is -0.493 e. The average Bonchev–Trinajstić information content (AvgIpc) is 3.33. The highest BCUT2D eigenvalue weighted by Crippen LogP contribution is 2.23. The van der Waals surface area contributed by atoms with Crippen LogP contribution in [0.15, 0.2) is 23.2 Å². The molecular weight excluding hydrogens is 384 g/mol. The van der Waals surface area contributed by atoms with E-state index in [4.69, 9.17) is 14.5 Å². The van der Waals surface area contributed by atoms with Gasteiger partial charge in [0.05, 0.1) is 32.0 Å². The molecule has 1 aliphatic heterocycles. The van der Waals surface area contributed by atoms with Crippen LogP contribution in [-0.2, 0) is 17.8 Å². The fourth-order valence-electron chi connectivity index (χ4n) is 3.13. The molecule has 0 amide bonds. The van der Waals surface area contributed by atoms with Gasteiger partial charge in [-0.05, 0) is 45.7 Å². The van der Waals surface area contributed by atoms with Crippen molar-refractivity contribution >= 4 is 17.3 Å². The van der Waals surface area contributed by atoms with Crippen LogP contribution in [-0.4, -0.2) is 37.3 Å². The maximum absolute atomic E-state index is 6.14. The lowest BCUT2D eigenvalue weighted by atomic mass is 10.1. The summed E-state index contributed by atoms with van der Waals surface area (Å²) in [5.74, 6) is 2.19. The Morgan fingerprint density at radius 3 is 2.86 bits per heavy atom. The van der Waals surface area contributed by atoms with Gasteiger partial charge in [0, 0.05) is 29.5 Å². The number of hydrogen-bond acceptors (Lipinski definition) is 5. The number of aliphatic imine (C=N–C) groups is 1. The van der Waals surface area contributed by atoms with Gasteiger partial charge < -0.3 is 20.1 Å². The van der Waals surface area contributed by atoms with Crippen molar-refractivity contribution < 1.29 is 9.47 Å².